The molecule has 0 aliphatic rings. The number of aromatic amines is 2. The fourth-order valence-corrected chi connectivity index (χ4v) is 3.89. The third kappa shape index (κ3) is 3.37. The highest BCUT2D eigenvalue weighted by atomic mass is 15.1. The molecule has 0 saturated carbocycles. The Morgan fingerprint density at radius 1 is 0.969 bits per heavy atom. The predicted molar refractivity (Wildman–Crippen MR) is 131 cm³/mol. The molecule has 0 atom stereocenters. The molecule has 6 nitrogen and oxygen atoms in total. The predicted octanol–water partition coefficient (Wildman–Crippen LogP) is 5.60. The largest absolute Gasteiger partial charge is 0.399 e. The van der Waals surface area contributed by atoms with Crippen LogP contribution in [0.25, 0.3) is 50.0 Å². The van der Waals surface area contributed by atoms with Gasteiger partial charge in [-0.25, -0.2) is 0 Å². The number of nitrogens with one attached hydrogen (secondary N) is 2. The van der Waals surface area contributed by atoms with Crippen molar-refractivity contribution in [1.82, 2.24) is 25.1 Å². The molecule has 0 spiro atoms. The maximum Gasteiger partial charge on any atom is 0.116 e. The van der Waals surface area contributed by atoms with Crippen LogP contribution >= 0.6 is 0 Å². The van der Waals surface area contributed by atoms with Crippen LogP contribution in [0.15, 0.2) is 91.6 Å². The number of H-pyrrole nitrogens is 2. The van der Waals surface area contributed by atoms with Crippen LogP contribution < -0.4 is 5.73 Å². The van der Waals surface area contributed by atoms with Crippen molar-refractivity contribution in [2.24, 2.45) is 5.73 Å². The van der Waals surface area contributed by atoms with Crippen molar-refractivity contribution in [3.63, 3.8) is 0 Å². The van der Waals surface area contributed by atoms with Gasteiger partial charge in [-0.05, 0) is 66.6 Å². The Hall–Kier alpha value is -4.45. The first-order valence-electron chi connectivity index (χ1n) is 10.3. The number of allylic oxidation sites excluding steroid dienone is 4. The van der Waals surface area contributed by atoms with Crippen molar-refractivity contribution in [2.75, 3.05) is 0 Å². The fraction of sp³-hybridized carbons (Fsp3) is 0.0385. The first kappa shape index (κ1) is 19.5. The summed E-state index contributed by atoms with van der Waals surface area (Å²) in [6.45, 7) is 5.73. The van der Waals surface area contributed by atoms with Crippen molar-refractivity contribution in [2.45, 2.75) is 6.92 Å². The van der Waals surface area contributed by atoms with Gasteiger partial charge in [0.05, 0.1) is 16.9 Å². The van der Waals surface area contributed by atoms with Crippen molar-refractivity contribution in [1.29, 1.82) is 0 Å². The number of nitrogens with zero attached hydrogens (tertiary/aromatic N) is 3. The zero-order valence-corrected chi connectivity index (χ0v) is 17.6. The lowest BCUT2D eigenvalue weighted by molar-refractivity contribution is 1.12. The molecule has 0 fully saturated rings. The molecule has 0 radical (unpaired) electrons. The van der Waals surface area contributed by atoms with Gasteiger partial charge in [0, 0.05) is 46.1 Å². The number of hydrogen-bond acceptors (Lipinski definition) is 4. The van der Waals surface area contributed by atoms with E-state index in [2.05, 4.69) is 49.9 Å². The van der Waals surface area contributed by atoms with E-state index < -0.39 is 0 Å². The van der Waals surface area contributed by atoms with Crippen LogP contribution in [0.2, 0.25) is 0 Å². The van der Waals surface area contributed by atoms with Gasteiger partial charge in [0.15, 0.2) is 0 Å². The zero-order valence-electron chi connectivity index (χ0n) is 17.6. The lowest BCUT2D eigenvalue weighted by Gasteiger charge is -2.04. The van der Waals surface area contributed by atoms with Crippen LogP contribution in [0.1, 0.15) is 12.5 Å². The van der Waals surface area contributed by atoms with Crippen molar-refractivity contribution >= 4 is 27.4 Å². The smallest absolute Gasteiger partial charge is 0.116 e. The topological polar surface area (TPSA) is 96.3 Å². The van der Waals surface area contributed by atoms with Crippen LogP contribution in [0.5, 0.6) is 0 Å². The Balaban J connectivity index is 1.65. The third-order valence-corrected chi connectivity index (χ3v) is 5.52. The second-order valence-corrected chi connectivity index (χ2v) is 7.46. The van der Waals surface area contributed by atoms with Crippen LogP contribution in [-0.2, 0) is 0 Å². The Bertz CT molecular complexity index is 1500. The van der Waals surface area contributed by atoms with E-state index >= 15 is 0 Å². The van der Waals surface area contributed by atoms with Crippen LogP contribution in [-0.4, -0.2) is 25.1 Å². The second-order valence-electron chi connectivity index (χ2n) is 7.46. The highest BCUT2D eigenvalue weighted by Gasteiger charge is 2.15. The summed E-state index contributed by atoms with van der Waals surface area (Å²) in [7, 11) is 0. The van der Waals surface area contributed by atoms with Gasteiger partial charge in [0.2, 0.25) is 0 Å². The minimum Gasteiger partial charge on any atom is -0.399 e. The average Bonchev–Trinajstić information content (AvgIpc) is 3.46. The average molecular weight is 419 g/mol. The lowest BCUT2D eigenvalue weighted by Crippen LogP contribution is -1.93. The first-order chi connectivity index (χ1) is 15.7. The summed E-state index contributed by atoms with van der Waals surface area (Å²) in [6.07, 6.45) is 11.0. The van der Waals surface area contributed by atoms with E-state index in [0.717, 1.165) is 55.6 Å². The lowest BCUT2D eigenvalue weighted by atomic mass is 10.0. The van der Waals surface area contributed by atoms with E-state index in [1.54, 1.807) is 18.5 Å². The molecule has 1 aromatic carbocycles. The quantitative estimate of drug-likeness (QED) is 0.324. The van der Waals surface area contributed by atoms with Gasteiger partial charge >= 0.3 is 0 Å². The summed E-state index contributed by atoms with van der Waals surface area (Å²) < 4.78 is 0. The third-order valence-electron chi connectivity index (χ3n) is 5.52. The standard InChI is InChI=1S/C26H22N6/c1-3-16(13-19(27)4-2)18-5-6-23-20(14-18)26(32-31-23)24-15-21-22(30-24)9-12-29-25(21)17-7-10-28-11-8-17/h3-15,30H,2,27H2,1H3,(H,31,32)/b16-3+,19-13+. The molecular weight excluding hydrogens is 396 g/mol. The molecule has 5 rings (SSSR count). The van der Waals surface area contributed by atoms with Gasteiger partial charge in [-0.15, -0.1) is 0 Å². The number of nitrogens with two attached hydrogens (primary N) is 1. The summed E-state index contributed by atoms with van der Waals surface area (Å²) in [6, 6.07) is 14.2. The molecule has 4 heterocycles. The maximum atomic E-state index is 5.97. The van der Waals surface area contributed by atoms with Crippen LogP contribution in [0.4, 0.5) is 0 Å². The van der Waals surface area contributed by atoms with Crippen LogP contribution in [0, 0.1) is 0 Å². The van der Waals surface area contributed by atoms with E-state index in [0.29, 0.717) is 5.70 Å². The van der Waals surface area contributed by atoms with Gasteiger partial charge in [-0.2, -0.15) is 5.10 Å². The maximum absolute atomic E-state index is 5.97. The van der Waals surface area contributed by atoms with Gasteiger partial charge < -0.3 is 10.7 Å². The fourth-order valence-electron chi connectivity index (χ4n) is 3.89. The zero-order chi connectivity index (χ0) is 22.1. The molecule has 0 bridgehead atoms. The minimum absolute atomic E-state index is 0.623. The van der Waals surface area contributed by atoms with E-state index in [1.165, 1.54) is 0 Å². The molecule has 6 heteroatoms. The molecule has 0 aliphatic carbocycles. The number of benzene rings is 1. The Labute approximate surface area is 185 Å². The van der Waals surface area contributed by atoms with E-state index in [-0.39, 0.29) is 0 Å². The molecule has 0 amide bonds. The molecule has 5 aromatic rings. The molecule has 0 aliphatic heterocycles. The molecule has 0 saturated heterocycles. The second kappa shape index (κ2) is 8.00. The molecule has 32 heavy (non-hydrogen) atoms. The highest BCUT2D eigenvalue weighted by Crippen LogP contribution is 2.33. The van der Waals surface area contributed by atoms with Gasteiger partial charge in [0.1, 0.15) is 5.69 Å². The molecule has 4 N–H and O–H groups in total. The van der Waals surface area contributed by atoms with Crippen molar-refractivity contribution in [3.05, 3.63) is 97.1 Å². The van der Waals surface area contributed by atoms with Gasteiger partial charge in [-0.1, -0.05) is 18.7 Å². The summed E-state index contributed by atoms with van der Waals surface area (Å²) in [5, 5.41) is 9.81. The number of fused-ring (bicyclic) bond motifs is 2. The summed E-state index contributed by atoms with van der Waals surface area (Å²) in [4.78, 5) is 12.2. The summed E-state index contributed by atoms with van der Waals surface area (Å²) in [5.74, 6) is 0. The Morgan fingerprint density at radius 3 is 2.56 bits per heavy atom. The number of aromatic nitrogens is 5. The summed E-state index contributed by atoms with van der Waals surface area (Å²) >= 11 is 0. The molecular formula is C26H22N6. The van der Waals surface area contributed by atoms with Crippen molar-refractivity contribution < 1.29 is 0 Å². The monoisotopic (exact) mass is 418 g/mol. The number of rotatable bonds is 5. The molecule has 156 valence electrons. The van der Waals surface area contributed by atoms with E-state index in [9.17, 15) is 0 Å². The summed E-state index contributed by atoms with van der Waals surface area (Å²) in [5.41, 5.74) is 14.4. The van der Waals surface area contributed by atoms with E-state index in [4.69, 9.17) is 5.73 Å². The first-order valence-corrected chi connectivity index (χ1v) is 10.3. The van der Waals surface area contributed by atoms with E-state index in [1.807, 2.05) is 49.5 Å². The normalized spacial score (nSPS) is 12.5. The highest BCUT2D eigenvalue weighted by molar-refractivity contribution is 6.00. The Morgan fingerprint density at radius 2 is 1.78 bits per heavy atom. The number of pyridine rings is 2. The van der Waals surface area contributed by atoms with Crippen LogP contribution in [0.3, 0.4) is 0 Å². The minimum atomic E-state index is 0.623. The number of hydrogen-bond donors (Lipinski definition) is 3. The Kier molecular flexibility index (Phi) is 4.88. The SMILES string of the molecule is C=C/C(N)=C\C(=C/C)c1ccc2[nH]nc(-c3cc4c(-c5ccncc5)nccc4[nH]3)c2c1. The van der Waals surface area contributed by atoms with Gasteiger partial charge in [0.25, 0.3) is 0 Å². The molecule has 0 unspecified atom stereocenters. The van der Waals surface area contributed by atoms with Gasteiger partial charge in [-0.3, -0.25) is 15.1 Å². The van der Waals surface area contributed by atoms with Crippen molar-refractivity contribution in [3.8, 4) is 22.6 Å². The molecule has 4 aromatic heterocycles.